The molecule has 8 heteroatoms. The van der Waals surface area contributed by atoms with Gasteiger partial charge < -0.3 is 0 Å². The van der Waals surface area contributed by atoms with Crippen LogP contribution >= 0.6 is 39.0 Å². The number of thiophene rings is 1. The quantitative estimate of drug-likeness (QED) is 0.736. The first-order valence-corrected chi connectivity index (χ1v) is 7.55. The van der Waals surface area contributed by atoms with Crippen molar-refractivity contribution in [3.05, 3.63) is 22.0 Å². The third-order valence-electron chi connectivity index (χ3n) is 2.54. The second-order valence-electron chi connectivity index (χ2n) is 3.56. The van der Waals surface area contributed by atoms with E-state index in [0.717, 1.165) is 22.8 Å². The number of nitrogens with zero attached hydrogens (tertiary/aromatic N) is 2. The standard InChI is InChI=1S/C11H5BBrN2O2S2/c12-4-17-11-6(5-2-1-3-18-5)8-9(15-19-14-8)7(13)10(11)16/h1-4,16H. The summed E-state index contributed by atoms with van der Waals surface area (Å²) < 4.78 is 14.2. The number of aromatic nitrogens is 2. The maximum atomic E-state index is 10.2. The number of phenolic OH excluding ortho intramolecular Hbond substituents is 1. The van der Waals surface area contributed by atoms with Crippen LogP contribution in [0.4, 0.5) is 0 Å². The van der Waals surface area contributed by atoms with Gasteiger partial charge in [0.25, 0.3) is 0 Å². The molecule has 19 heavy (non-hydrogen) atoms. The van der Waals surface area contributed by atoms with Crippen molar-refractivity contribution in [2.45, 2.75) is 0 Å². The first kappa shape index (κ1) is 12.8. The number of halogens is 1. The zero-order chi connectivity index (χ0) is 13.4. The fourth-order valence-corrected chi connectivity index (χ4v) is 3.67. The van der Waals surface area contributed by atoms with Gasteiger partial charge in [-0.3, -0.25) is 0 Å². The Morgan fingerprint density at radius 1 is 1.37 bits per heavy atom. The van der Waals surface area contributed by atoms with Crippen LogP contribution in [0.2, 0.25) is 0 Å². The van der Waals surface area contributed by atoms with Gasteiger partial charge in [0.1, 0.15) is 0 Å². The molecule has 0 amide bonds. The van der Waals surface area contributed by atoms with Crippen LogP contribution in [0.3, 0.4) is 0 Å². The summed E-state index contributed by atoms with van der Waals surface area (Å²) >= 11 is 5.91. The molecule has 93 valence electrons. The SMILES string of the molecule is [B]=COc1c(O)c(Br)c2nsnc2c1-c1cccs1. The molecule has 0 saturated carbocycles. The van der Waals surface area contributed by atoms with Crippen LogP contribution in [-0.4, -0.2) is 27.5 Å². The van der Waals surface area contributed by atoms with Crippen molar-refractivity contribution in [1.82, 2.24) is 8.75 Å². The topological polar surface area (TPSA) is 55.2 Å². The Bertz CT molecular complexity index is 758. The molecule has 4 nitrogen and oxygen atoms in total. The molecule has 0 aliphatic heterocycles. The minimum atomic E-state index is -0.0368. The molecule has 0 bridgehead atoms. The predicted octanol–water partition coefficient (Wildman–Crippen LogP) is 3.19. The molecule has 0 saturated heterocycles. The Balaban J connectivity index is 2.45. The van der Waals surface area contributed by atoms with E-state index in [2.05, 4.69) is 24.7 Å². The van der Waals surface area contributed by atoms with E-state index in [0.29, 0.717) is 21.1 Å². The van der Waals surface area contributed by atoms with E-state index in [1.165, 1.54) is 11.3 Å². The summed E-state index contributed by atoms with van der Waals surface area (Å²) in [4.78, 5) is 0.928. The van der Waals surface area contributed by atoms with Crippen molar-refractivity contribution >= 4 is 63.7 Å². The number of benzene rings is 1. The van der Waals surface area contributed by atoms with E-state index in [1.54, 1.807) is 0 Å². The zero-order valence-corrected chi connectivity index (χ0v) is 12.6. The molecule has 1 radical (unpaired) electrons. The third-order valence-corrected chi connectivity index (χ3v) is 4.70. The summed E-state index contributed by atoms with van der Waals surface area (Å²) in [5.74, 6) is 0.238. The van der Waals surface area contributed by atoms with Crippen LogP contribution in [0.25, 0.3) is 21.5 Å². The van der Waals surface area contributed by atoms with E-state index in [9.17, 15) is 5.11 Å². The van der Waals surface area contributed by atoms with Gasteiger partial charge in [-0.25, -0.2) is 0 Å². The van der Waals surface area contributed by atoms with E-state index >= 15 is 0 Å². The number of phenols is 1. The van der Waals surface area contributed by atoms with Crippen molar-refractivity contribution in [2.75, 3.05) is 0 Å². The Morgan fingerprint density at radius 2 is 2.16 bits per heavy atom. The maximum absolute atomic E-state index is 10.2. The molecule has 0 spiro atoms. The molecule has 2 heterocycles. The van der Waals surface area contributed by atoms with Gasteiger partial charge in [0.05, 0.1) is 0 Å². The van der Waals surface area contributed by atoms with Crippen LogP contribution in [0, 0.1) is 0 Å². The van der Waals surface area contributed by atoms with Crippen LogP contribution in [-0.2, 0) is 0 Å². The van der Waals surface area contributed by atoms with Crippen molar-refractivity contribution in [3.63, 3.8) is 0 Å². The molecule has 0 fully saturated rings. The van der Waals surface area contributed by atoms with Crippen molar-refractivity contribution in [1.29, 1.82) is 0 Å². The molecule has 3 aromatic rings. The Labute approximate surface area is 126 Å². The monoisotopic (exact) mass is 351 g/mol. The average Bonchev–Trinajstić information content (AvgIpc) is 3.06. The van der Waals surface area contributed by atoms with Crippen molar-refractivity contribution < 1.29 is 9.84 Å². The molecule has 1 N–H and O–H groups in total. The first-order valence-electron chi connectivity index (χ1n) is 5.14. The van der Waals surface area contributed by atoms with Crippen LogP contribution in [0.1, 0.15) is 0 Å². The summed E-state index contributed by atoms with van der Waals surface area (Å²) in [6, 6.07) is 3.84. The van der Waals surface area contributed by atoms with E-state index in [-0.39, 0.29) is 11.5 Å². The Hall–Kier alpha value is -1.25. The van der Waals surface area contributed by atoms with Crippen LogP contribution < -0.4 is 4.74 Å². The molecule has 0 aliphatic rings. The number of fused-ring (bicyclic) bond motifs is 1. The summed E-state index contributed by atoms with van der Waals surface area (Å²) in [5.41, 5.74) is 1.98. The van der Waals surface area contributed by atoms with E-state index in [4.69, 9.17) is 12.2 Å². The summed E-state index contributed by atoms with van der Waals surface area (Å²) in [6.07, 6.45) is 1.03. The van der Waals surface area contributed by atoms with Gasteiger partial charge in [0.2, 0.25) is 0 Å². The summed E-state index contributed by atoms with van der Waals surface area (Å²) in [6.45, 7) is 0. The molecule has 0 atom stereocenters. The van der Waals surface area contributed by atoms with Crippen molar-refractivity contribution in [2.24, 2.45) is 0 Å². The molecule has 3 rings (SSSR count). The molecule has 0 aliphatic carbocycles. The number of rotatable bonds is 3. The number of hydrogen-bond acceptors (Lipinski definition) is 6. The van der Waals surface area contributed by atoms with E-state index in [1.807, 2.05) is 17.5 Å². The van der Waals surface area contributed by atoms with Gasteiger partial charge in [-0.15, -0.1) is 0 Å². The van der Waals surface area contributed by atoms with Gasteiger partial charge in [0.15, 0.2) is 0 Å². The van der Waals surface area contributed by atoms with Gasteiger partial charge in [-0.05, 0) is 0 Å². The molecule has 1 aromatic carbocycles. The van der Waals surface area contributed by atoms with E-state index < -0.39 is 0 Å². The van der Waals surface area contributed by atoms with Gasteiger partial charge in [-0.2, -0.15) is 0 Å². The van der Waals surface area contributed by atoms with Gasteiger partial charge in [0, 0.05) is 0 Å². The summed E-state index contributed by atoms with van der Waals surface area (Å²) in [5, 5.41) is 12.2. The Morgan fingerprint density at radius 3 is 2.84 bits per heavy atom. The molecular weight excluding hydrogens is 347 g/mol. The third kappa shape index (κ3) is 2.00. The number of aromatic hydroxyl groups is 1. The normalized spacial score (nSPS) is 10.7. The van der Waals surface area contributed by atoms with Crippen molar-refractivity contribution in [3.8, 4) is 21.9 Å². The molecule has 0 unspecified atom stereocenters. The fraction of sp³-hybridized carbons (Fsp3) is 0. The predicted molar refractivity (Wildman–Crippen MR) is 82.5 cm³/mol. The summed E-state index contributed by atoms with van der Waals surface area (Å²) in [7, 11) is 5.32. The van der Waals surface area contributed by atoms with Gasteiger partial charge in [-0.1, -0.05) is 0 Å². The second-order valence-corrected chi connectivity index (χ2v) is 5.83. The number of ether oxygens (including phenoxy) is 1. The minimum absolute atomic E-state index is 0.0368. The first-order chi connectivity index (χ1) is 9.24. The van der Waals surface area contributed by atoms with Gasteiger partial charge >= 0.3 is 126 Å². The zero-order valence-electron chi connectivity index (χ0n) is 9.33. The molecular formula is C11H5BBrN2O2S2. The number of hydrogen-bond donors (Lipinski definition) is 1. The molecule has 2 aromatic heterocycles. The van der Waals surface area contributed by atoms with Crippen LogP contribution in [0.15, 0.2) is 22.0 Å². The Kier molecular flexibility index (Phi) is 3.38. The average molecular weight is 352 g/mol. The second kappa shape index (κ2) is 5.03. The van der Waals surface area contributed by atoms with Crippen LogP contribution in [0.5, 0.6) is 11.5 Å². The fourth-order valence-electron chi connectivity index (χ4n) is 1.77.